The second-order valence-electron chi connectivity index (χ2n) is 4.16. The summed E-state index contributed by atoms with van der Waals surface area (Å²) >= 11 is 11.4. The Labute approximate surface area is 132 Å². The molecule has 0 radical (unpaired) electrons. The predicted octanol–water partition coefficient (Wildman–Crippen LogP) is 5.37. The molecule has 2 aromatic rings. The van der Waals surface area contributed by atoms with Crippen molar-refractivity contribution in [2.45, 2.75) is 6.18 Å². The van der Waals surface area contributed by atoms with Gasteiger partial charge in [-0.1, -0.05) is 23.2 Å². The Balaban J connectivity index is 2.23. The van der Waals surface area contributed by atoms with E-state index in [9.17, 15) is 22.4 Å². The normalized spacial score (nSPS) is 11.4. The van der Waals surface area contributed by atoms with E-state index in [4.69, 9.17) is 27.9 Å². The fraction of sp³-hybridized carbons (Fsp3) is 0.0714. The van der Waals surface area contributed by atoms with Crippen LogP contribution in [0.5, 0.6) is 5.75 Å². The monoisotopic (exact) mass is 352 g/mol. The van der Waals surface area contributed by atoms with Crippen molar-refractivity contribution >= 4 is 29.2 Å². The third-order valence-electron chi connectivity index (χ3n) is 2.61. The number of ether oxygens (including phenoxy) is 1. The highest BCUT2D eigenvalue weighted by atomic mass is 35.5. The van der Waals surface area contributed by atoms with Gasteiger partial charge in [0.1, 0.15) is 11.6 Å². The van der Waals surface area contributed by atoms with Crippen molar-refractivity contribution < 1.29 is 27.1 Å². The Kier molecular flexibility index (Phi) is 4.63. The zero-order chi connectivity index (χ0) is 16.5. The van der Waals surface area contributed by atoms with Gasteiger partial charge in [-0.15, -0.1) is 0 Å². The van der Waals surface area contributed by atoms with E-state index in [1.165, 1.54) is 18.2 Å². The third kappa shape index (κ3) is 3.69. The lowest BCUT2D eigenvalue weighted by Gasteiger charge is -2.09. The first-order valence-electron chi connectivity index (χ1n) is 5.72. The summed E-state index contributed by atoms with van der Waals surface area (Å²) in [6, 6.07) is 5.73. The quantitative estimate of drug-likeness (QED) is 0.412. The molecule has 0 atom stereocenters. The minimum absolute atomic E-state index is 0.0275. The molecule has 0 bridgehead atoms. The van der Waals surface area contributed by atoms with Gasteiger partial charge in [-0.2, -0.15) is 13.2 Å². The van der Waals surface area contributed by atoms with E-state index >= 15 is 0 Å². The molecule has 0 aliphatic carbocycles. The van der Waals surface area contributed by atoms with Crippen molar-refractivity contribution in [3.05, 3.63) is 63.4 Å². The number of halogens is 6. The van der Waals surface area contributed by atoms with Crippen molar-refractivity contribution in [2.75, 3.05) is 0 Å². The van der Waals surface area contributed by atoms with Crippen LogP contribution in [0, 0.1) is 5.82 Å². The minimum atomic E-state index is -4.84. The lowest BCUT2D eigenvalue weighted by Crippen LogP contribution is -2.12. The first-order valence-corrected chi connectivity index (χ1v) is 6.48. The van der Waals surface area contributed by atoms with Crippen LogP contribution in [0.3, 0.4) is 0 Å². The van der Waals surface area contributed by atoms with Gasteiger partial charge in [-0.05, 0) is 30.3 Å². The zero-order valence-electron chi connectivity index (χ0n) is 10.5. The molecule has 2 nitrogen and oxygen atoms in total. The van der Waals surface area contributed by atoms with E-state index in [1.807, 2.05) is 0 Å². The van der Waals surface area contributed by atoms with Crippen molar-refractivity contribution in [3.63, 3.8) is 0 Å². The van der Waals surface area contributed by atoms with Crippen molar-refractivity contribution in [1.29, 1.82) is 0 Å². The summed E-state index contributed by atoms with van der Waals surface area (Å²) in [6.07, 6.45) is -4.84. The van der Waals surface area contributed by atoms with Gasteiger partial charge >= 0.3 is 12.1 Å². The van der Waals surface area contributed by atoms with Crippen molar-refractivity contribution in [2.24, 2.45) is 0 Å². The Bertz CT molecular complexity index is 729. The number of esters is 1. The topological polar surface area (TPSA) is 26.3 Å². The lowest BCUT2D eigenvalue weighted by molar-refractivity contribution is -0.140. The van der Waals surface area contributed by atoms with E-state index in [1.54, 1.807) is 0 Å². The molecule has 0 aromatic heterocycles. The first kappa shape index (κ1) is 16.6. The molecule has 0 unspecified atom stereocenters. The van der Waals surface area contributed by atoms with Crippen LogP contribution in [0.15, 0.2) is 36.4 Å². The molecule has 0 saturated heterocycles. The molecule has 0 spiro atoms. The third-order valence-corrected chi connectivity index (χ3v) is 3.35. The molecule has 8 heteroatoms. The van der Waals surface area contributed by atoms with Gasteiger partial charge in [0.25, 0.3) is 0 Å². The van der Waals surface area contributed by atoms with Gasteiger partial charge in [0, 0.05) is 6.07 Å². The van der Waals surface area contributed by atoms with Gasteiger partial charge in [0.2, 0.25) is 0 Å². The van der Waals surface area contributed by atoms with Gasteiger partial charge in [-0.25, -0.2) is 9.18 Å². The van der Waals surface area contributed by atoms with Gasteiger partial charge in [-0.3, -0.25) is 0 Å². The fourth-order valence-electron chi connectivity index (χ4n) is 1.58. The molecule has 116 valence electrons. The number of hydrogen-bond donors (Lipinski definition) is 0. The summed E-state index contributed by atoms with van der Waals surface area (Å²) in [7, 11) is 0. The predicted molar refractivity (Wildman–Crippen MR) is 72.8 cm³/mol. The van der Waals surface area contributed by atoms with E-state index in [0.717, 1.165) is 6.07 Å². The minimum Gasteiger partial charge on any atom is -0.423 e. The summed E-state index contributed by atoms with van der Waals surface area (Å²) in [5, 5.41) is 0.368. The molecule has 22 heavy (non-hydrogen) atoms. The SMILES string of the molecule is O=C(Oc1ccc(Cl)c(Cl)c1)c1ccc(C(F)(F)F)c(F)c1. The Morgan fingerprint density at radius 3 is 2.23 bits per heavy atom. The molecule has 0 amide bonds. The molecule has 0 aliphatic rings. The van der Waals surface area contributed by atoms with E-state index in [2.05, 4.69) is 0 Å². The number of rotatable bonds is 2. The van der Waals surface area contributed by atoms with E-state index in [-0.39, 0.29) is 21.4 Å². The average Bonchev–Trinajstić information content (AvgIpc) is 2.41. The highest BCUT2D eigenvalue weighted by molar-refractivity contribution is 6.42. The van der Waals surface area contributed by atoms with Crippen LogP contribution in [0.4, 0.5) is 17.6 Å². The summed E-state index contributed by atoms with van der Waals surface area (Å²) in [6.45, 7) is 0. The summed E-state index contributed by atoms with van der Waals surface area (Å²) in [4.78, 5) is 11.8. The molecular weight excluding hydrogens is 347 g/mol. The second kappa shape index (κ2) is 6.14. The Morgan fingerprint density at radius 1 is 1.00 bits per heavy atom. The van der Waals surface area contributed by atoms with E-state index < -0.39 is 23.5 Å². The number of benzene rings is 2. The Morgan fingerprint density at radius 2 is 1.68 bits per heavy atom. The van der Waals surface area contributed by atoms with Gasteiger partial charge in [0.05, 0.1) is 21.2 Å². The van der Waals surface area contributed by atoms with Crippen LogP contribution in [0.2, 0.25) is 10.0 Å². The van der Waals surface area contributed by atoms with Gasteiger partial charge < -0.3 is 4.74 Å². The Hall–Kier alpha value is -1.79. The molecular formula is C14H6Cl2F4O2. The molecule has 0 N–H and O–H groups in total. The maximum absolute atomic E-state index is 13.4. The number of alkyl halides is 3. The number of carbonyl (C=O) groups excluding carboxylic acids is 1. The molecule has 0 heterocycles. The number of carbonyl (C=O) groups is 1. The molecule has 0 aliphatic heterocycles. The zero-order valence-corrected chi connectivity index (χ0v) is 12.1. The maximum Gasteiger partial charge on any atom is 0.419 e. The fourth-order valence-corrected chi connectivity index (χ4v) is 1.87. The van der Waals surface area contributed by atoms with Gasteiger partial charge in [0.15, 0.2) is 0 Å². The van der Waals surface area contributed by atoms with Crippen LogP contribution in [0.1, 0.15) is 15.9 Å². The summed E-state index contributed by atoms with van der Waals surface area (Å²) < 4.78 is 55.6. The lowest BCUT2D eigenvalue weighted by atomic mass is 10.1. The van der Waals surface area contributed by atoms with Crippen LogP contribution >= 0.6 is 23.2 Å². The van der Waals surface area contributed by atoms with Crippen LogP contribution < -0.4 is 4.74 Å². The summed E-state index contributed by atoms with van der Waals surface area (Å²) in [5.74, 6) is -2.55. The number of hydrogen-bond acceptors (Lipinski definition) is 2. The second-order valence-corrected chi connectivity index (χ2v) is 4.97. The first-order chi connectivity index (χ1) is 10.2. The molecule has 0 saturated carbocycles. The van der Waals surface area contributed by atoms with Crippen molar-refractivity contribution in [3.8, 4) is 5.75 Å². The van der Waals surface area contributed by atoms with Crippen molar-refractivity contribution in [1.82, 2.24) is 0 Å². The largest absolute Gasteiger partial charge is 0.423 e. The van der Waals surface area contributed by atoms with Crippen LogP contribution in [-0.4, -0.2) is 5.97 Å². The standard InChI is InChI=1S/C14H6Cl2F4O2/c15-10-4-2-8(6-11(10)16)22-13(21)7-1-3-9(12(17)5-7)14(18,19)20/h1-6H. The molecule has 2 aromatic carbocycles. The van der Waals surface area contributed by atoms with Crippen LogP contribution in [0.25, 0.3) is 0 Å². The maximum atomic E-state index is 13.4. The average molecular weight is 353 g/mol. The highest BCUT2D eigenvalue weighted by Gasteiger charge is 2.34. The molecule has 0 fully saturated rings. The molecule has 2 rings (SSSR count). The van der Waals surface area contributed by atoms with Crippen LogP contribution in [-0.2, 0) is 6.18 Å². The van der Waals surface area contributed by atoms with E-state index in [0.29, 0.717) is 12.1 Å². The smallest absolute Gasteiger partial charge is 0.419 e. The summed E-state index contributed by atoms with van der Waals surface area (Å²) in [5.41, 5.74) is -1.82. The highest BCUT2D eigenvalue weighted by Crippen LogP contribution is 2.32.